The summed E-state index contributed by atoms with van der Waals surface area (Å²) in [6, 6.07) is 0. The second-order valence-electron chi connectivity index (χ2n) is 2.00. The van der Waals surface area contributed by atoms with Gasteiger partial charge in [0.2, 0.25) is 5.91 Å². The molecule has 66 valence electrons. The van der Waals surface area contributed by atoms with Crippen LogP contribution in [0.25, 0.3) is 0 Å². The van der Waals surface area contributed by atoms with E-state index in [4.69, 9.17) is 10.1 Å². The molecule has 1 atom stereocenters. The third-order valence-corrected chi connectivity index (χ3v) is 1.72. The molecule has 0 saturated heterocycles. The van der Waals surface area contributed by atoms with E-state index >= 15 is 0 Å². The van der Waals surface area contributed by atoms with Crippen LogP contribution in [0.2, 0.25) is 0 Å². The summed E-state index contributed by atoms with van der Waals surface area (Å²) in [6.45, 7) is 0.666. The molecule has 0 rings (SSSR count). The molecule has 0 aromatic carbocycles. The second-order valence-corrected chi connectivity index (χ2v) is 3.73. The Morgan fingerprint density at radius 1 is 1.67 bits per heavy atom. The van der Waals surface area contributed by atoms with Gasteiger partial charge in [-0.05, 0) is 0 Å². The van der Waals surface area contributed by atoms with E-state index in [1.807, 2.05) is 0 Å². The maximum Gasteiger partial charge on any atom is 1.00 e. The molecule has 0 radical (unpaired) electrons. The van der Waals surface area contributed by atoms with E-state index in [9.17, 15) is 14.3 Å². The van der Waals surface area contributed by atoms with Gasteiger partial charge in [-0.3, -0.25) is 10.0 Å². The Labute approximate surface area is 92.0 Å². The number of hydrogen-bond donors (Lipinski definition) is 2. The van der Waals surface area contributed by atoms with E-state index in [0.717, 1.165) is 6.92 Å². The first kappa shape index (κ1) is 15.1. The number of hydroxylamine groups is 2. The summed E-state index contributed by atoms with van der Waals surface area (Å²) in [5.74, 6) is -0.668. The van der Waals surface area contributed by atoms with Crippen molar-refractivity contribution in [2.75, 3.05) is 12.7 Å². The van der Waals surface area contributed by atoms with Gasteiger partial charge in [-0.15, -0.1) is 0 Å². The maximum absolute atomic E-state index is 10.3. The zero-order chi connectivity index (χ0) is 9.07. The van der Waals surface area contributed by atoms with Gasteiger partial charge in [0.15, 0.2) is 0 Å². The molecule has 0 bridgehead atoms. The minimum Gasteiger partial charge on any atom is -0.779 e. The summed E-state index contributed by atoms with van der Waals surface area (Å²) in [7, 11) is -4.36. The van der Waals surface area contributed by atoms with Gasteiger partial charge in [-0.25, -0.2) is 5.06 Å². The van der Waals surface area contributed by atoms with E-state index in [0.29, 0.717) is 0 Å². The van der Waals surface area contributed by atoms with Gasteiger partial charge >= 0.3 is 29.6 Å². The average molecular weight is 205 g/mol. The molecular weight excluding hydrogens is 196 g/mol. The largest absolute Gasteiger partial charge is 1.00 e. The Kier molecular flexibility index (Phi) is 7.66. The first-order chi connectivity index (χ1) is 4.83. The molecule has 0 aromatic rings. The Morgan fingerprint density at radius 3 is 2.33 bits per heavy atom. The molecular formula is C4H9NNaO5P. The summed E-state index contributed by atoms with van der Waals surface area (Å²) in [4.78, 5) is 28.6. The third-order valence-electron chi connectivity index (χ3n) is 0.958. The van der Waals surface area contributed by atoms with Crippen molar-refractivity contribution < 1.29 is 53.9 Å². The van der Waals surface area contributed by atoms with Gasteiger partial charge in [0.25, 0.3) is 0 Å². The van der Waals surface area contributed by atoms with Crippen LogP contribution in [0.1, 0.15) is 6.92 Å². The average Bonchev–Trinajstić information content (AvgIpc) is 1.80. The van der Waals surface area contributed by atoms with Gasteiger partial charge in [0, 0.05) is 13.1 Å². The van der Waals surface area contributed by atoms with Crippen LogP contribution in [-0.2, 0) is 9.36 Å². The fraction of sp³-hybridized carbons (Fsp3) is 0.750. The van der Waals surface area contributed by atoms with Crippen molar-refractivity contribution in [1.82, 2.24) is 5.06 Å². The van der Waals surface area contributed by atoms with Gasteiger partial charge in [0.05, 0.1) is 6.54 Å². The van der Waals surface area contributed by atoms with Crippen molar-refractivity contribution in [3.05, 3.63) is 0 Å². The summed E-state index contributed by atoms with van der Waals surface area (Å²) >= 11 is 0. The number of amides is 1. The quantitative estimate of drug-likeness (QED) is 0.210. The van der Waals surface area contributed by atoms with Crippen LogP contribution in [-0.4, -0.2) is 33.8 Å². The molecule has 0 fully saturated rings. The molecule has 2 N–H and O–H groups in total. The van der Waals surface area contributed by atoms with Crippen LogP contribution in [0, 0.1) is 0 Å². The van der Waals surface area contributed by atoms with E-state index in [1.54, 1.807) is 0 Å². The first-order valence-electron chi connectivity index (χ1n) is 2.83. The molecule has 0 saturated carbocycles. The minimum absolute atomic E-state index is 0. The SMILES string of the molecule is CC(=O)N(O)CCP(=O)([O-])O.[Na+]. The van der Waals surface area contributed by atoms with E-state index < -0.39 is 26.2 Å². The van der Waals surface area contributed by atoms with Gasteiger partial charge in [-0.2, -0.15) is 0 Å². The number of hydrogen-bond acceptors (Lipinski definition) is 4. The van der Waals surface area contributed by atoms with E-state index in [2.05, 4.69) is 0 Å². The summed E-state index contributed by atoms with van der Waals surface area (Å²) in [5, 5.41) is 8.83. The third kappa shape index (κ3) is 8.67. The van der Waals surface area contributed by atoms with E-state index in [-0.39, 0.29) is 34.6 Å². The molecule has 0 aromatic heterocycles. The Hall–Kier alpha value is 0.580. The monoisotopic (exact) mass is 205 g/mol. The Bertz CT molecular complexity index is 192. The maximum atomic E-state index is 10.3. The topological polar surface area (TPSA) is 101 Å². The number of nitrogens with zero attached hydrogens (tertiary/aromatic N) is 1. The van der Waals surface area contributed by atoms with Crippen molar-refractivity contribution in [1.29, 1.82) is 0 Å². The smallest absolute Gasteiger partial charge is 0.779 e. The number of rotatable bonds is 3. The molecule has 0 spiro atoms. The number of carbonyl (C=O) groups is 1. The predicted molar refractivity (Wildman–Crippen MR) is 33.9 cm³/mol. The van der Waals surface area contributed by atoms with Crippen LogP contribution in [0.15, 0.2) is 0 Å². The van der Waals surface area contributed by atoms with Crippen LogP contribution in [0.4, 0.5) is 0 Å². The van der Waals surface area contributed by atoms with Crippen molar-refractivity contribution in [3.8, 4) is 0 Å². The molecule has 1 unspecified atom stereocenters. The Balaban J connectivity index is 0. The fourth-order valence-electron chi connectivity index (χ4n) is 0.379. The Morgan fingerprint density at radius 2 is 2.08 bits per heavy atom. The van der Waals surface area contributed by atoms with Crippen LogP contribution < -0.4 is 34.5 Å². The minimum atomic E-state index is -4.36. The van der Waals surface area contributed by atoms with Crippen molar-refractivity contribution in [3.63, 3.8) is 0 Å². The molecule has 6 nitrogen and oxygen atoms in total. The molecule has 8 heteroatoms. The van der Waals surface area contributed by atoms with Gasteiger partial charge < -0.3 is 14.4 Å². The summed E-state index contributed by atoms with van der Waals surface area (Å²) in [6.07, 6.45) is -0.636. The first-order valence-corrected chi connectivity index (χ1v) is 4.59. The van der Waals surface area contributed by atoms with Gasteiger partial charge in [0.1, 0.15) is 7.60 Å². The van der Waals surface area contributed by atoms with Crippen LogP contribution in [0.5, 0.6) is 0 Å². The zero-order valence-electron chi connectivity index (χ0n) is 6.93. The number of carbonyl (C=O) groups excluding carboxylic acids is 1. The fourth-order valence-corrected chi connectivity index (χ4v) is 0.821. The molecule has 12 heavy (non-hydrogen) atoms. The van der Waals surface area contributed by atoms with Gasteiger partial charge in [-0.1, -0.05) is 0 Å². The molecule has 0 aliphatic carbocycles. The van der Waals surface area contributed by atoms with Crippen LogP contribution in [0.3, 0.4) is 0 Å². The zero-order valence-corrected chi connectivity index (χ0v) is 9.82. The molecule has 0 heterocycles. The molecule has 0 aliphatic rings. The van der Waals surface area contributed by atoms with E-state index in [1.165, 1.54) is 0 Å². The van der Waals surface area contributed by atoms with Crippen molar-refractivity contribution >= 4 is 13.5 Å². The molecule has 1 amide bonds. The van der Waals surface area contributed by atoms with Crippen LogP contribution >= 0.6 is 7.60 Å². The van der Waals surface area contributed by atoms with Crippen molar-refractivity contribution in [2.24, 2.45) is 0 Å². The second kappa shape index (κ2) is 6.10. The standard InChI is InChI=1S/C4H10NO5P.Na/c1-4(6)5(7)2-3-11(8,9)10;/h7H,2-3H2,1H3,(H2,8,9,10);/q;+1/p-1. The summed E-state index contributed by atoms with van der Waals surface area (Å²) in [5.41, 5.74) is 0. The molecule has 0 aliphatic heterocycles. The predicted octanol–water partition coefficient (Wildman–Crippen LogP) is -4.23. The normalized spacial score (nSPS) is 14.3. The summed E-state index contributed by atoms with van der Waals surface area (Å²) < 4.78 is 10.1. The van der Waals surface area contributed by atoms with Crippen molar-refractivity contribution in [2.45, 2.75) is 6.92 Å².